The second-order valence-corrected chi connectivity index (χ2v) is 5.21. The minimum Gasteiger partial charge on any atom is -0.310 e. The van der Waals surface area contributed by atoms with E-state index >= 15 is 0 Å². The van der Waals surface area contributed by atoms with Gasteiger partial charge in [-0.1, -0.05) is 26.2 Å². The molecule has 0 aliphatic heterocycles. The standard InChI is InChI=1S/C14H23N3O/c1-4-12-10(2)16-17(3)13(12)15-14(18)11-8-6-5-7-9-11/h11H,4-9H2,1-3H3,(H,15,18). The molecule has 0 atom stereocenters. The van der Waals surface area contributed by atoms with Crippen molar-refractivity contribution in [2.75, 3.05) is 5.32 Å². The van der Waals surface area contributed by atoms with Crippen LogP contribution in [0.2, 0.25) is 0 Å². The number of hydrogen-bond donors (Lipinski definition) is 1. The molecule has 1 saturated carbocycles. The summed E-state index contributed by atoms with van der Waals surface area (Å²) in [7, 11) is 1.89. The summed E-state index contributed by atoms with van der Waals surface area (Å²) in [5.41, 5.74) is 2.17. The Kier molecular flexibility index (Phi) is 4.04. The first-order valence-electron chi connectivity index (χ1n) is 6.96. The molecule has 1 fully saturated rings. The zero-order valence-corrected chi connectivity index (χ0v) is 11.6. The van der Waals surface area contributed by atoms with Gasteiger partial charge in [-0.3, -0.25) is 9.48 Å². The first kappa shape index (κ1) is 13.1. The molecule has 1 amide bonds. The van der Waals surface area contributed by atoms with Crippen molar-refractivity contribution in [1.29, 1.82) is 0 Å². The monoisotopic (exact) mass is 249 g/mol. The molecule has 1 heterocycles. The van der Waals surface area contributed by atoms with Crippen molar-refractivity contribution in [2.24, 2.45) is 13.0 Å². The number of rotatable bonds is 3. The van der Waals surface area contributed by atoms with E-state index in [2.05, 4.69) is 17.3 Å². The molecule has 1 aliphatic rings. The van der Waals surface area contributed by atoms with Crippen LogP contribution in [-0.4, -0.2) is 15.7 Å². The minimum absolute atomic E-state index is 0.174. The van der Waals surface area contributed by atoms with E-state index in [1.807, 2.05) is 14.0 Å². The fourth-order valence-corrected chi connectivity index (χ4v) is 2.87. The third kappa shape index (κ3) is 2.57. The molecule has 100 valence electrons. The number of nitrogens with one attached hydrogen (secondary N) is 1. The van der Waals surface area contributed by atoms with E-state index in [1.165, 1.54) is 19.3 Å². The van der Waals surface area contributed by atoms with Crippen LogP contribution in [0.3, 0.4) is 0 Å². The molecular weight excluding hydrogens is 226 g/mol. The maximum absolute atomic E-state index is 12.2. The van der Waals surface area contributed by atoms with Gasteiger partial charge in [0.15, 0.2) is 0 Å². The summed E-state index contributed by atoms with van der Waals surface area (Å²) in [6.07, 6.45) is 6.61. The largest absolute Gasteiger partial charge is 0.310 e. The maximum Gasteiger partial charge on any atom is 0.228 e. The Morgan fingerprint density at radius 2 is 2.06 bits per heavy atom. The molecule has 0 radical (unpaired) electrons. The van der Waals surface area contributed by atoms with Gasteiger partial charge in [-0.25, -0.2) is 0 Å². The molecule has 0 saturated heterocycles. The van der Waals surface area contributed by atoms with Gasteiger partial charge < -0.3 is 5.32 Å². The molecule has 0 bridgehead atoms. The molecule has 4 heteroatoms. The van der Waals surface area contributed by atoms with Gasteiger partial charge in [0, 0.05) is 18.5 Å². The second kappa shape index (κ2) is 5.55. The highest BCUT2D eigenvalue weighted by atomic mass is 16.2. The lowest BCUT2D eigenvalue weighted by Gasteiger charge is -2.21. The second-order valence-electron chi connectivity index (χ2n) is 5.21. The number of hydrogen-bond acceptors (Lipinski definition) is 2. The Hall–Kier alpha value is -1.32. The van der Waals surface area contributed by atoms with Crippen LogP contribution in [0, 0.1) is 12.8 Å². The van der Waals surface area contributed by atoms with E-state index in [0.29, 0.717) is 0 Å². The van der Waals surface area contributed by atoms with Gasteiger partial charge in [0.2, 0.25) is 5.91 Å². The van der Waals surface area contributed by atoms with Crippen molar-refractivity contribution < 1.29 is 4.79 Å². The molecule has 1 aliphatic carbocycles. The first-order chi connectivity index (χ1) is 8.63. The molecule has 1 aromatic heterocycles. The van der Waals surface area contributed by atoms with E-state index in [9.17, 15) is 4.79 Å². The number of amides is 1. The van der Waals surface area contributed by atoms with E-state index in [0.717, 1.165) is 36.3 Å². The van der Waals surface area contributed by atoms with E-state index < -0.39 is 0 Å². The van der Waals surface area contributed by atoms with Gasteiger partial charge in [0.1, 0.15) is 5.82 Å². The maximum atomic E-state index is 12.2. The van der Waals surface area contributed by atoms with Gasteiger partial charge in [0.25, 0.3) is 0 Å². The van der Waals surface area contributed by atoms with Gasteiger partial charge in [-0.15, -0.1) is 0 Å². The van der Waals surface area contributed by atoms with Crippen LogP contribution in [-0.2, 0) is 18.3 Å². The zero-order valence-electron chi connectivity index (χ0n) is 11.6. The van der Waals surface area contributed by atoms with Crippen LogP contribution >= 0.6 is 0 Å². The number of aromatic nitrogens is 2. The Bertz CT molecular complexity index is 430. The molecule has 18 heavy (non-hydrogen) atoms. The lowest BCUT2D eigenvalue weighted by atomic mass is 9.88. The van der Waals surface area contributed by atoms with Crippen LogP contribution in [0.15, 0.2) is 0 Å². The van der Waals surface area contributed by atoms with Crippen molar-refractivity contribution in [2.45, 2.75) is 52.4 Å². The quantitative estimate of drug-likeness (QED) is 0.895. The minimum atomic E-state index is 0.174. The molecule has 0 unspecified atom stereocenters. The normalized spacial score (nSPS) is 16.8. The number of carbonyl (C=O) groups excluding carboxylic acids is 1. The van der Waals surface area contributed by atoms with Crippen LogP contribution < -0.4 is 5.32 Å². The zero-order chi connectivity index (χ0) is 13.1. The molecule has 1 N–H and O–H groups in total. The highest BCUT2D eigenvalue weighted by Gasteiger charge is 2.23. The summed E-state index contributed by atoms with van der Waals surface area (Å²) in [5, 5.41) is 7.46. The van der Waals surface area contributed by atoms with Gasteiger partial charge in [-0.2, -0.15) is 5.10 Å². The molecule has 1 aromatic rings. The fraction of sp³-hybridized carbons (Fsp3) is 0.714. The molecule has 0 aromatic carbocycles. The van der Waals surface area contributed by atoms with Gasteiger partial charge in [-0.05, 0) is 26.2 Å². The number of nitrogens with zero attached hydrogens (tertiary/aromatic N) is 2. The number of aryl methyl sites for hydroxylation is 2. The van der Waals surface area contributed by atoms with E-state index in [1.54, 1.807) is 4.68 Å². The third-order valence-corrected chi connectivity index (χ3v) is 3.92. The van der Waals surface area contributed by atoms with Crippen LogP contribution in [0.25, 0.3) is 0 Å². The summed E-state index contributed by atoms with van der Waals surface area (Å²) in [6.45, 7) is 4.09. The molecule has 4 nitrogen and oxygen atoms in total. The van der Waals surface area contributed by atoms with Crippen LogP contribution in [0.4, 0.5) is 5.82 Å². The summed E-state index contributed by atoms with van der Waals surface area (Å²) in [4.78, 5) is 12.2. The van der Waals surface area contributed by atoms with Crippen molar-refractivity contribution in [3.8, 4) is 0 Å². The van der Waals surface area contributed by atoms with Crippen molar-refractivity contribution in [3.05, 3.63) is 11.3 Å². The molecule has 0 spiro atoms. The smallest absolute Gasteiger partial charge is 0.228 e. The summed E-state index contributed by atoms with van der Waals surface area (Å²) in [5.74, 6) is 1.25. The van der Waals surface area contributed by atoms with E-state index in [4.69, 9.17) is 0 Å². The van der Waals surface area contributed by atoms with Gasteiger partial charge >= 0.3 is 0 Å². The van der Waals surface area contributed by atoms with Gasteiger partial charge in [0.05, 0.1) is 5.69 Å². The third-order valence-electron chi connectivity index (χ3n) is 3.92. The predicted molar refractivity (Wildman–Crippen MR) is 72.5 cm³/mol. The molecular formula is C14H23N3O. The summed E-state index contributed by atoms with van der Waals surface area (Å²) < 4.78 is 1.79. The number of anilines is 1. The van der Waals surface area contributed by atoms with Crippen molar-refractivity contribution in [3.63, 3.8) is 0 Å². The Balaban J connectivity index is 2.10. The van der Waals surface area contributed by atoms with Crippen molar-refractivity contribution >= 4 is 11.7 Å². The first-order valence-corrected chi connectivity index (χ1v) is 6.96. The lowest BCUT2D eigenvalue weighted by molar-refractivity contribution is -0.120. The van der Waals surface area contributed by atoms with Crippen LogP contribution in [0.1, 0.15) is 50.3 Å². The Morgan fingerprint density at radius 1 is 1.39 bits per heavy atom. The Labute approximate surface area is 109 Å². The fourth-order valence-electron chi connectivity index (χ4n) is 2.87. The highest BCUT2D eigenvalue weighted by molar-refractivity contribution is 5.92. The topological polar surface area (TPSA) is 46.9 Å². The predicted octanol–water partition coefficient (Wildman–Crippen LogP) is 2.81. The van der Waals surface area contributed by atoms with Crippen LogP contribution in [0.5, 0.6) is 0 Å². The van der Waals surface area contributed by atoms with Crippen molar-refractivity contribution in [1.82, 2.24) is 9.78 Å². The summed E-state index contributed by atoms with van der Waals surface area (Å²) >= 11 is 0. The van der Waals surface area contributed by atoms with E-state index in [-0.39, 0.29) is 11.8 Å². The highest BCUT2D eigenvalue weighted by Crippen LogP contribution is 2.26. The lowest BCUT2D eigenvalue weighted by Crippen LogP contribution is -2.26. The molecule has 2 rings (SSSR count). The average Bonchev–Trinajstić information content (AvgIpc) is 2.64. The number of carbonyl (C=O) groups is 1. The summed E-state index contributed by atoms with van der Waals surface area (Å²) in [6, 6.07) is 0. The average molecular weight is 249 g/mol. The SMILES string of the molecule is CCc1c(C)nn(C)c1NC(=O)C1CCCCC1. The Morgan fingerprint density at radius 3 is 2.67 bits per heavy atom.